The molecule has 0 amide bonds. The fourth-order valence-corrected chi connectivity index (χ4v) is 1.65. The second kappa shape index (κ2) is 3.75. The minimum atomic E-state index is 0.334. The van der Waals surface area contributed by atoms with E-state index in [9.17, 15) is 0 Å². The molecule has 72 valence electrons. The van der Waals surface area contributed by atoms with Gasteiger partial charge in [-0.2, -0.15) is 0 Å². The van der Waals surface area contributed by atoms with Gasteiger partial charge in [-0.05, 0) is 25.7 Å². The van der Waals surface area contributed by atoms with E-state index >= 15 is 0 Å². The Balaban J connectivity index is 2.35. The molecule has 0 saturated carbocycles. The molecule has 0 aromatic rings. The molecule has 1 aliphatic rings. The summed E-state index contributed by atoms with van der Waals surface area (Å²) < 4.78 is 5.29. The van der Waals surface area contributed by atoms with Crippen LogP contribution in [0.5, 0.6) is 0 Å². The number of hydrogen-bond donors (Lipinski definition) is 1. The van der Waals surface area contributed by atoms with Crippen molar-refractivity contribution in [3.63, 3.8) is 0 Å². The molecule has 2 N–H and O–H groups in total. The normalized spacial score (nSPS) is 23.8. The van der Waals surface area contributed by atoms with Gasteiger partial charge in [0.1, 0.15) is 0 Å². The molecular weight excluding hydrogens is 150 g/mol. The Kier molecular flexibility index (Phi) is 3.13. The maximum atomic E-state index is 5.74. The van der Waals surface area contributed by atoms with Crippen molar-refractivity contribution in [3.05, 3.63) is 0 Å². The molecule has 0 bridgehead atoms. The summed E-state index contributed by atoms with van der Waals surface area (Å²) in [6, 6.07) is 0.334. The molecule has 2 nitrogen and oxygen atoms in total. The van der Waals surface area contributed by atoms with Crippen LogP contribution in [0, 0.1) is 11.3 Å². The smallest absolute Gasteiger partial charge is 0.0547 e. The molecule has 1 aliphatic heterocycles. The van der Waals surface area contributed by atoms with Crippen LogP contribution in [0.3, 0.4) is 0 Å². The fraction of sp³-hybridized carbons (Fsp3) is 1.00. The maximum Gasteiger partial charge on any atom is 0.0547 e. The summed E-state index contributed by atoms with van der Waals surface area (Å²) in [5.41, 5.74) is 6.19. The molecule has 1 atom stereocenters. The Morgan fingerprint density at radius 3 is 2.17 bits per heavy atom. The standard InChI is InChI=1S/C10H21NO/c1-8(2)10(6-12-7-10)5-4-9(3)11/h8-9H,4-7,11H2,1-3H3. The lowest BCUT2D eigenvalue weighted by Gasteiger charge is -2.45. The van der Waals surface area contributed by atoms with E-state index in [0.717, 1.165) is 25.6 Å². The number of ether oxygens (including phenoxy) is 1. The Morgan fingerprint density at radius 1 is 1.33 bits per heavy atom. The molecule has 1 fully saturated rings. The van der Waals surface area contributed by atoms with Crippen LogP contribution in [0.4, 0.5) is 0 Å². The van der Waals surface area contributed by atoms with Gasteiger partial charge in [-0.1, -0.05) is 13.8 Å². The molecule has 0 aromatic carbocycles. The van der Waals surface area contributed by atoms with Crippen LogP contribution in [0.2, 0.25) is 0 Å². The zero-order chi connectivity index (χ0) is 9.19. The number of nitrogens with two attached hydrogens (primary N) is 1. The van der Waals surface area contributed by atoms with Gasteiger partial charge >= 0.3 is 0 Å². The van der Waals surface area contributed by atoms with Crippen molar-refractivity contribution in [1.82, 2.24) is 0 Å². The minimum absolute atomic E-state index is 0.334. The van der Waals surface area contributed by atoms with E-state index in [1.165, 1.54) is 6.42 Å². The van der Waals surface area contributed by atoms with Crippen LogP contribution in [0.1, 0.15) is 33.6 Å². The van der Waals surface area contributed by atoms with E-state index in [0.29, 0.717) is 11.5 Å². The van der Waals surface area contributed by atoms with Crippen molar-refractivity contribution in [3.8, 4) is 0 Å². The highest BCUT2D eigenvalue weighted by molar-refractivity contribution is 4.88. The first-order valence-corrected chi connectivity index (χ1v) is 4.90. The SMILES string of the molecule is CC(N)CCC1(C(C)C)COC1. The van der Waals surface area contributed by atoms with Crippen LogP contribution < -0.4 is 5.73 Å². The topological polar surface area (TPSA) is 35.2 Å². The first kappa shape index (κ1) is 10.0. The van der Waals surface area contributed by atoms with Gasteiger partial charge in [0.15, 0.2) is 0 Å². The van der Waals surface area contributed by atoms with E-state index < -0.39 is 0 Å². The lowest BCUT2D eigenvalue weighted by Crippen LogP contribution is -2.47. The van der Waals surface area contributed by atoms with Crippen LogP contribution in [-0.2, 0) is 4.74 Å². The number of rotatable bonds is 4. The molecule has 12 heavy (non-hydrogen) atoms. The molecule has 1 heterocycles. The Morgan fingerprint density at radius 2 is 1.92 bits per heavy atom. The summed E-state index contributed by atoms with van der Waals surface area (Å²) in [7, 11) is 0. The minimum Gasteiger partial charge on any atom is -0.380 e. The van der Waals surface area contributed by atoms with Gasteiger partial charge in [-0.25, -0.2) is 0 Å². The molecule has 0 radical (unpaired) electrons. The summed E-state index contributed by atoms with van der Waals surface area (Å²) in [5, 5.41) is 0. The zero-order valence-electron chi connectivity index (χ0n) is 8.47. The van der Waals surface area contributed by atoms with Crippen molar-refractivity contribution in [2.75, 3.05) is 13.2 Å². The lowest BCUT2D eigenvalue weighted by atomic mass is 9.71. The van der Waals surface area contributed by atoms with Crippen LogP contribution in [0.15, 0.2) is 0 Å². The molecule has 2 heteroatoms. The van der Waals surface area contributed by atoms with Gasteiger partial charge in [0.05, 0.1) is 13.2 Å². The molecule has 0 aliphatic carbocycles. The highest BCUT2D eigenvalue weighted by Crippen LogP contribution is 2.40. The van der Waals surface area contributed by atoms with E-state index in [2.05, 4.69) is 20.8 Å². The summed E-state index contributed by atoms with van der Waals surface area (Å²) in [4.78, 5) is 0. The average Bonchev–Trinajstić information content (AvgIpc) is 1.83. The van der Waals surface area contributed by atoms with Gasteiger partial charge in [-0.3, -0.25) is 0 Å². The van der Waals surface area contributed by atoms with E-state index in [1.807, 2.05) is 0 Å². The van der Waals surface area contributed by atoms with Gasteiger partial charge in [0.25, 0.3) is 0 Å². The van der Waals surface area contributed by atoms with Gasteiger partial charge in [0, 0.05) is 11.5 Å². The average molecular weight is 171 g/mol. The highest BCUT2D eigenvalue weighted by Gasteiger charge is 2.40. The van der Waals surface area contributed by atoms with Crippen LogP contribution in [0.25, 0.3) is 0 Å². The molecule has 1 saturated heterocycles. The van der Waals surface area contributed by atoms with Crippen molar-refractivity contribution < 1.29 is 4.74 Å². The predicted octanol–water partition coefficient (Wildman–Crippen LogP) is 1.79. The lowest BCUT2D eigenvalue weighted by molar-refractivity contribution is -0.144. The third kappa shape index (κ3) is 1.99. The number of hydrogen-bond acceptors (Lipinski definition) is 2. The quantitative estimate of drug-likeness (QED) is 0.700. The highest BCUT2D eigenvalue weighted by atomic mass is 16.5. The first-order chi connectivity index (χ1) is 5.57. The summed E-state index contributed by atoms with van der Waals surface area (Å²) >= 11 is 0. The van der Waals surface area contributed by atoms with Crippen LogP contribution >= 0.6 is 0 Å². The van der Waals surface area contributed by atoms with Crippen molar-refractivity contribution in [2.45, 2.75) is 39.7 Å². The monoisotopic (exact) mass is 171 g/mol. The van der Waals surface area contributed by atoms with Gasteiger partial charge < -0.3 is 10.5 Å². The summed E-state index contributed by atoms with van der Waals surface area (Å²) in [6.07, 6.45) is 2.35. The Bertz CT molecular complexity index is 139. The fourth-order valence-electron chi connectivity index (χ4n) is 1.65. The Hall–Kier alpha value is -0.0800. The predicted molar refractivity (Wildman–Crippen MR) is 51.0 cm³/mol. The molecule has 0 spiro atoms. The largest absolute Gasteiger partial charge is 0.380 e. The summed E-state index contributed by atoms with van der Waals surface area (Å²) in [6.45, 7) is 8.52. The van der Waals surface area contributed by atoms with Gasteiger partial charge in [0.2, 0.25) is 0 Å². The first-order valence-electron chi connectivity index (χ1n) is 4.90. The second-order valence-corrected chi connectivity index (χ2v) is 4.53. The Labute approximate surface area is 75.5 Å². The zero-order valence-corrected chi connectivity index (χ0v) is 8.47. The van der Waals surface area contributed by atoms with Crippen molar-refractivity contribution >= 4 is 0 Å². The summed E-state index contributed by atoms with van der Waals surface area (Å²) in [5.74, 6) is 0.727. The van der Waals surface area contributed by atoms with Crippen LogP contribution in [-0.4, -0.2) is 19.3 Å². The molecule has 0 aromatic heterocycles. The van der Waals surface area contributed by atoms with Crippen molar-refractivity contribution in [1.29, 1.82) is 0 Å². The second-order valence-electron chi connectivity index (χ2n) is 4.53. The third-order valence-electron chi connectivity index (χ3n) is 3.10. The van der Waals surface area contributed by atoms with Gasteiger partial charge in [-0.15, -0.1) is 0 Å². The van der Waals surface area contributed by atoms with Crippen molar-refractivity contribution in [2.24, 2.45) is 17.1 Å². The van der Waals surface area contributed by atoms with E-state index in [1.54, 1.807) is 0 Å². The molecular formula is C10H21NO. The van der Waals surface area contributed by atoms with E-state index in [-0.39, 0.29) is 0 Å². The maximum absolute atomic E-state index is 5.74. The molecule has 1 rings (SSSR count). The van der Waals surface area contributed by atoms with E-state index in [4.69, 9.17) is 10.5 Å². The third-order valence-corrected chi connectivity index (χ3v) is 3.10. The molecule has 1 unspecified atom stereocenters.